The maximum Gasteiger partial charge on any atom is 0.271 e. The van der Waals surface area contributed by atoms with Gasteiger partial charge in [0, 0.05) is 17.6 Å². The molecule has 0 atom stereocenters. The number of carbonyl (C=O) groups excluding carboxylic acids is 1. The highest BCUT2D eigenvalue weighted by molar-refractivity contribution is 7.05. The Morgan fingerprint density at radius 1 is 1.44 bits per heavy atom. The van der Waals surface area contributed by atoms with Crippen LogP contribution in [0.15, 0.2) is 24.5 Å². The molecule has 0 aromatic carbocycles. The molecule has 5 nitrogen and oxygen atoms in total. The van der Waals surface area contributed by atoms with E-state index in [1.165, 1.54) is 11.5 Å². The van der Waals surface area contributed by atoms with Gasteiger partial charge in [0.1, 0.15) is 11.4 Å². The van der Waals surface area contributed by atoms with Gasteiger partial charge in [0.25, 0.3) is 5.91 Å². The van der Waals surface area contributed by atoms with Crippen LogP contribution >= 0.6 is 11.5 Å². The first-order chi connectivity index (χ1) is 8.69. The monoisotopic (exact) mass is 263 g/mol. The lowest BCUT2D eigenvalue weighted by Gasteiger charge is -2.04. The van der Waals surface area contributed by atoms with Crippen LogP contribution in [0.4, 0.5) is 0 Å². The van der Waals surface area contributed by atoms with Crippen LogP contribution in [0.1, 0.15) is 20.9 Å². The first kappa shape index (κ1) is 12.5. The molecule has 6 heteroatoms. The van der Waals surface area contributed by atoms with Gasteiger partial charge in [0.05, 0.1) is 13.3 Å². The summed E-state index contributed by atoms with van der Waals surface area (Å²) in [5, 5.41) is 2.79. The summed E-state index contributed by atoms with van der Waals surface area (Å²) in [4.78, 5) is 16.8. The molecule has 2 aromatic rings. The third-order valence-electron chi connectivity index (χ3n) is 2.32. The van der Waals surface area contributed by atoms with Crippen molar-refractivity contribution in [1.29, 1.82) is 0 Å². The fraction of sp³-hybridized carbons (Fsp3) is 0.250. The van der Waals surface area contributed by atoms with Crippen molar-refractivity contribution in [2.45, 2.75) is 13.5 Å². The molecular formula is C12H13N3O2S. The average Bonchev–Trinajstić information content (AvgIpc) is 2.83. The summed E-state index contributed by atoms with van der Waals surface area (Å²) in [7, 11) is 1.58. The summed E-state index contributed by atoms with van der Waals surface area (Å²) >= 11 is 1.32. The van der Waals surface area contributed by atoms with E-state index in [9.17, 15) is 4.79 Å². The molecule has 18 heavy (non-hydrogen) atoms. The van der Waals surface area contributed by atoms with Crippen molar-refractivity contribution < 1.29 is 9.53 Å². The van der Waals surface area contributed by atoms with Crippen LogP contribution in [0.2, 0.25) is 0 Å². The van der Waals surface area contributed by atoms with Crippen molar-refractivity contribution in [3.63, 3.8) is 0 Å². The standard InChI is InChI=1S/C12H13N3O2S/c1-8-3-11(15-18-8)12(16)14-6-9-4-10(17-2)7-13-5-9/h3-5,7H,6H2,1-2H3,(H,14,16). The first-order valence-electron chi connectivity index (χ1n) is 5.38. The lowest BCUT2D eigenvalue weighted by atomic mass is 10.2. The van der Waals surface area contributed by atoms with Crippen molar-refractivity contribution in [1.82, 2.24) is 14.7 Å². The number of amides is 1. The van der Waals surface area contributed by atoms with Crippen LogP contribution in [-0.2, 0) is 6.54 Å². The predicted molar refractivity (Wildman–Crippen MR) is 68.8 cm³/mol. The summed E-state index contributed by atoms with van der Waals surface area (Å²) in [6.45, 7) is 2.32. The molecule has 1 amide bonds. The maximum absolute atomic E-state index is 11.8. The lowest BCUT2D eigenvalue weighted by Crippen LogP contribution is -2.23. The molecule has 0 aliphatic carbocycles. The van der Waals surface area contributed by atoms with E-state index < -0.39 is 0 Å². The maximum atomic E-state index is 11.8. The van der Waals surface area contributed by atoms with E-state index >= 15 is 0 Å². The number of carbonyl (C=O) groups is 1. The van der Waals surface area contributed by atoms with Gasteiger partial charge in [-0.3, -0.25) is 9.78 Å². The Morgan fingerprint density at radius 3 is 2.94 bits per heavy atom. The van der Waals surface area contributed by atoms with E-state index in [-0.39, 0.29) is 5.91 Å². The van der Waals surface area contributed by atoms with Gasteiger partial charge in [0.2, 0.25) is 0 Å². The number of hydrogen-bond donors (Lipinski definition) is 1. The molecule has 2 rings (SSSR count). The summed E-state index contributed by atoms with van der Waals surface area (Å²) in [5.74, 6) is 0.494. The van der Waals surface area contributed by atoms with E-state index in [2.05, 4.69) is 14.7 Å². The van der Waals surface area contributed by atoms with Crippen molar-refractivity contribution in [2.24, 2.45) is 0 Å². The molecule has 2 heterocycles. The van der Waals surface area contributed by atoms with Gasteiger partial charge >= 0.3 is 0 Å². The highest BCUT2D eigenvalue weighted by Crippen LogP contribution is 2.11. The third-order valence-corrected chi connectivity index (χ3v) is 3.01. The molecule has 2 aromatic heterocycles. The van der Waals surface area contributed by atoms with Gasteiger partial charge in [-0.15, -0.1) is 0 Å². The van der Waals surface area contributed by atoms with E-state index in [0.29, 0.717) is 18.0 Å². The highest BCUT2D eigenvalue weighted by Gasteiger charge is 2.09. The van der Waals surface area contributed by atoms with Crippen molar-refractivity contribution in [2.75, 3.05) is 7.11 Å². The number of nitrogens with zero attached hydrogens (tertiary/aromatic N) is 2. The van der Waals surface area contributed by atoms with Gasteiger partial charge in [-0.25, -0.2) is 0 Å². The van der Waals surface area contributed by atoms with E-state index in [0.717, 1.165) is 10.4 Å². The fourth-order valence-corrected chi connectivity index (χ4v) is 1.96. The summed E-state index contributed by atoms with van der Waals surface area (Å²) in [5.41, 5.74) is 1.34. The largest absolute Gasteiger partial charge is 0.495 e. The fourth-order valence-electron chi connectivity index (χ4n) is 1.42. The summed E-state index contributed by atoms with van der Waals surface area (Å²) in [6.07, 6.45) is 3.31. The minimum Gasteiger partial charge on any atom is -0.495 e. The zero-order valence-electron chi connectivity index (χ0n) is 10.1. The molecule has 0 aliphatic heterocycles. The summed E-state index contributed by atoms with van der Waals surface area (Å²) in [6, 6.07) is 3.60. The van der Waals surface area contributed by atoms with Crippen molar-refractivity contribution >= 4 is 17.4 Å². The minimum absolute atomic E-state index is 0.179. The zero-order valence-corrected chi connectivity index (χ0v) is 11.0. The molecule has 1 N–H and O–H groups in total. The molecule has 0 radical (unpaired) electrons. The highest BCUT2D eigenvalue weighted by atomic mass is 32.1. The predicted octanol–water partition coefficient (Wildman–Crippen LogP) is 1.79. The Balaban J connectivity index is 1.97. The molecule has 0 saturated heterocycles. The molecule has 0 unspecified atom stereocenters. The Morgan fingerprint density at radius 2 is 2.28 bits per heavy atom. The second-order valence-corrected chi connectivity index (χ2v) is 4.75. The number of ether oxygens (including phenoxy) is 1. The number of pyridine rings is 1. The number of nitrogens with one attached hydrogen (secondary N) is 1. The number of aryl methyl sites for hydroxylation is 1. The number of methoxy groups -OCH3 is 1. The number of rotatable bonds is 4. The molecule has 0 saturated carbocycles. The van der Waals surface area contributed by atoms with E-state index in [1.54, 1.807) is 25.6 Å². The minimum atomic E-state index is -0.179. The van der Waals surface area contributed by atoms with Gasteiger partial charge < -0.3 is 10.1 Å². The van der Waals surface area contributed by atoms with E-state index in [4.69, 9.17) is 4.74 Å². The van der Waals surface area contributed by atoms with Gasteiger partial charge in [-0.2, -0.15) is 4.37 Å². The SMILES string of the molecule is COc1cncc(CNC(=O)c2cc(C)sn2)c1. The second kappa shape index (κ2) is 5.59. The normalized spacial score (nSPS) is 10.1. The number of hydrogen-bond acceptors (Lipinski definition) is 5. The van der Waals surface area contributed by atoms with Gasteiger partial charge in [0.15, 0.2) is 0 Å². The van der Waals surface area contributed by atoms with Crippen LogP contribution in [-0.4, -0.2) is 22.4 Å². The van der Waals surface area contributed by atoms with Crippen LogP contribution < -0.4 is 10.1 Å². The lowest BCUT2D eigenvalue weighted by molar-refractivity contribution is 0.0947. The third kappa shape index (κ3) is 3.04. The summed E-state index contributed by atoms with van der Waals surface area (Å²) < 4.78 is 9.11. The van der Waals surface area contributed by atoms with Crippen LogP contribution in [0.3, 0.4) is 0 Å². The van der Waals surface area contributed by atoms with Crippen molar-refractivity contribution in [3.8, 4) is 5.75 Å². The number of aromatic nitrogens is 2. The topological polar surface area (TPSA) is 64.1 Å². The molecule has 94 valence electrons. The Kier molecular flexibility index (Phi) is 3.88. The van der Waals surface area contributed by atoms with Crippen LogP contribution in [0.5, 0.6) is 5.75 Å². The first-order valence-corrected chi connectivity index (χ1v) is 6.16. The smallest absolute Gasteiger partial charge is 0.271 e. The molecule has 0 aliphatic rings. The van der Waals surface area contributed by atoms with E-state index in [1.807, 2.05) is 13.0 Å². The molecular weight excluding hydrogens is 250 g/mol. The molecule has 0 fully saturated rings. The second-order valence-electron chi connectivity index (χ2n) is 3.74. The van der Waals surface area contributed by atoms with Gasteiger partial charge in [-0.05, 0) is 36.2 Å². The quantitative estimate of drug-likeness (QED) is 0.913. The Labute approximate surface area is 109 Å². The molecule has 0 bridgehead atoms. The van der Waals surface area contributed by atoms with Gasteiger partial charge in [-0.1, -0.05) is 0 Å². The van der Waals surface area contributed by atoms with Crippen molar-refractivity contribution in [3.05, 3.63) is 40.7 Å². The zero-order chi connectivity index (χ0) is 13.0. The molecule has 0 spiro atoms. The van der Waals surface area contributed by atoms with Crippen LogP contribution in [0.25, 0.3) is 0 Å². The van der Waals surface area contributed by atoms with Crippen LogP contribution in [0, 0.1) is 6.92 Å². The average molecular weight is 263 g/mol. The Bertz CT molecular complexity index is 554. The Hall–Kier alpha value is -1.95.